The van der Waals surface area contributed by atoms with E-state index in [9.17, 15) is 44.1 Å². The van der Waals surface area contributed by atoms with Gasteiger partial charge in [0.25, 0.3) is 0 Å². The van der Waals surface area contributed by atoms with E-state index in [4.69, 9.17) is 9.47 Å². The Kier molecular flexibility index (Phi) is 23.7. The number of fused-ring (bicyclic) bond motifs is 4. The molecule has 8 rings (SSSR count). The number of alkyl carbamates (subject to hydrolysis) is 2. The monoisotopic (exact) mass is 1270 g/mol. The van der Waals surface area contributed by atoms with Crippen molar-refractivity contribution in [2.45, 2.75) is 133 Å². The summed E-state index contributed by atoms with van der Waals surface area (Å²) in [6, 6.07) is 29.1. The van der Waals surface area contributed by atoms with Crippen molar-refractivity contribution >= 4 is 80.6 Å². The Hall–Kier alpha value is -8.67. The van der Waals surface area contributed by atoms with E-state index < -0.39 is 114 Å². The van der Waals surface area contributed by atoms with Gasteiger partial charge >= 0.3 is 18.2 Å². The van der Waals surface area contributed by atoms with Crippen molar-refractivity contribution in [3.05, 3.63) is 167 Å². The van der Waals surface area contributed by atoms with Crippen LogP contribution in [0.25, 0.3) is 16.7 Å². The van der Waals surface area contributed by atoms with Crippen molar-refractivity contribution in [3.63, 3.8) is 0 Å². The lowest BCUT2D eigenvalue weighted by atomic mass is 9.90. The lowest BCUT2D eigenvalue weighted by Gasteiger charge is -2.28. The van der Waals surface area contributed by atoms with Gasteiger partial charge < -0.3 is 62.0 Å². The number of nitrogens with one attached hydrogen (secondary N) is 7. The van der Waals surface area contributed by atoms with E-state index in [1.807, 2.05) is 78.9 Å². The van der Waals surface area contributed by atoms with Gasteiger partial charge in [0.15, 0.2) is 5.78 Å². The number of carboxylic acid groups (broad SMARTS) is 1. The van der Waals surface area contributed by atoms with E-state index in [0.29, 0.717) is 23.1 Å². The number of phenolic OH excluding ortho intramolecular Hbond substituents is 1. The SMILES string of the molecule is C[C@@H](O)[C@@H]1NC(=O)[C@H](CCCCNC(=O)OC(C)(C)C)NC(=O)[C@@H](CC2=CCc3ccccc32)NC(=O)[C@H](Cc2ccc(O)cc2)CC(=O)[C@@H](NC(=O)[C@@H](Cc2ccccc2)NC(=O)OCC2c3ccccc3-c3ccccc32)CSSC[C@@H](C(=O)O)NC1=O. The van der Waals surface area contributed by atoms with Crippen molar-refractivity contribution in [2.75, 3.05) is 24.7 Å². The molecule has 1 aliphatic heterocycles. The van der Waals surface area contributed by atoms with Crippen LogP contribution >= 0.6 is 21.6 Å². The van der Waals surface area contributed by atoms with Crippen molar-refractivity contribution in [1.29, 1.82) is 0 Å². The van der Waals surface area contributed by atoms with Crippen LogP contribution in [0, 0.1) is 5.92 Å². The van der Waals surface area contributed by atoms with Crippen LogP contribution < -0.4 is 37.2 Å². The van der Waals surface area contributed by atoms with Gasteiger partial charge in [-0.2, -0.15) is 0 Å². The first-order chi connectivity index (χ1) is 43.1. The van der Waals surface area contributed by atoms with Crippen LogP contribution in [0.4, 0.5) is 9.59 Å². The van der Waals surface area contributed by atoms with Crippen molar-refractivity contribution < 1.29 is 67.9 Å². The highest BCUT2D eigenvalue weighted by atomic mass is 33.1. The molecule has 10 N–H and O–H groups in total. The number of carbonyl (C=O) groups excluding carboxylic acids is 8. The average Bonchev–Trinajstić information content (AvgIpc) is 1.66. The predicted octanol–water partition coefficient (Wildman–Crippen LogP) is 6.67. The summed E-state index contributed by atoms with van der Waals surface area (Å²) in [5.74, 6) is -8.66. The molecule has 8 atom stereocenters. The number of carbonyl (C=O) groups is 9. The Morgan fingerprint density at radius 2 is 1.30 bits per heavy atom. The van der Waals surface area contributed by atoms with Gasteiger partial charge in [-0.05, 0) is 122 Å². The fraction of sp³-hybridized carbons (Fsp3) is 0.388. The molecular formula is C67H77N7O14S2. The first-order valence-electron chi connectivity index (χ1n) is 30.0. The maximum Gasteiger partial charge on any atom is 0.407 e. The largest absolute Gasteiger partial charge is 0.508 e. The van der Waals surface area contributed by atoms with Gasteiger partial charge in [0.05, 0.1) is 12.1 Å². The topological polar surface area (TPSA) is 317 Å². The quantitative estimate of drug-likeness (QED) is 0.0324. The normalized spacial score (nSPS) is 20.8. The van der Waals surface area contributed by atoms with Crippen LogP contribution in [-0.4, -0.2) is 141 Å². The molecule has 0 bridgehead atoms. The molecule has 5 aromatic rings. The Balaban J connectivity index is 1.10. The second-order valence-corrected chi connectivity index (χ2v) is 26.1. The van der Waals surface area contributed by atoms with Gasteiger partial charge in [0.2, 0.25) is 29.5 Å². The van der Waals surface area contributed by atoms with Crippen molar-refractivity contribution in [3.8, 4) is 16.9 Å². The zero-order valence-corrected chi connectivity index (χ0v) is 52.2. The Morgan fingerprint density at radius 3 is 1.97 bits per heavy atom. The van der Waals surface area contributed by atoms with Gasteiger partial charge in [-0.25, -0.2) is 14.4 Å². The van der Waals surface area contributed by atoms with E-state index in [-0.39, 0.29) is 74.8 Å². The highest BCUT2D eigenvalue weighted by Crippen LogP contribution is 2.44. The standard InChI is InChI=1S/C67H77N7O14S2/c1-39(75)58-63(82)72-56(64(83)84)38-90-89-37-55(71-61(80)53(33-40-16-6-5-7-17-40)73-66(86)87-36-51-49-22-12-10-20-47(49)48-21-11-13-23-50(48)51)57(77)35-44(32-41-25-29-45(76)30-26-41)59(78)70-54(34-43-28-27-42-18-8-9-19-46(42)43)62(81)69-52(60(79)74-58)24-14-15-31-68-65(85)88-67(2,3)4/h5-13,16-23,25-26,28-30,39,44,51-56,58,75-76H,14-15,24,27,31-38H2,1-4H3,(H,68,85)(H,69,81)(H,70,78)(H,71,80)(H,72,82)(H,73,86)(H,74,79)(H,83,84)/t39-,44-,52+,53-,54-,55+,56+,58+/m1/s1. The minimum absolute atomic E-state index is 0.0457. The smallest absolute Gasteiger partial charge is 0.407 e. The second-order valence-electron chi connectivity index (χ2n) is 23.5. The van der Waals surface area contributed by atoms with Crippen LogP contribution in [0.5, 0.6) is 5.75 Å². The van der Waals surface area contributed by atoms with E-state index in [1.54, 1.807) is 63.2 Å². The van der Waals surface area contributed by atoms with Crippen LogP contribution in [0.3, 0.4) is 0 Å². The number of amides is 7. The van der Waals surface area contributed by atoms with Crippen molar-refractivity contribution in [1.82, 2.24) is 37.2 Å². The van der Waals surface area contributed by atoms with Gasteiger partial charge in [0, 0.05) is 49.1 Å². The molecule has 90 heavy (non-hydrogen) atoms. The highest BCUT2D eigenvalue weighted by molar-refractivity contribution is 8.76. The third-order valence-electron chi connectivity index (χ3n) is 15.6. The summed E-state index contributed by atoms with van der Waals surface area (Å²) in [6.07, 6.45) is -1.09. The number of ketones is 1. The summed E-state index contributed by atoms with van der Waals surface area (Å²) in [5.41, 5.74) is 6.89. The van der Waals surface area contributed by atoms with Crippen LogP contribution in [-0.2, 0) is 62.3 Å². The molecule has 0 unspecified atom stereocenters. The predicted molar refractivity (Wildman–Crippen MR) is 342 cm³/mol. The molecule has 476 valence electrons. The molecule has 1 heterocycles. The molecule has 5 aromatic carbocycles. The van der Waals surface area contributed by atoms with Crippen LogP contribution in [0.15, 0.2) is 133 Å². The summed E-state index contributed by atoms with van der Waals surface area (Å²) in [5, 5.41) is 50.4. The van der Waals surface area contributed by atoms with Gasteiger partial charge in [0.1, 0.15) is 48.2 Å². The molecule has 21 nitrogen and oxygen atoms in total. The van der Waals surface area contributed by atoms with Crippen molar-refractivity contribution in [2.24, 2.45) is 5.92 Å². The van der Waals surface area contributed by atoms with Gasteiger partial charge in [-0.3, -0.25) is 28.8 Å². The number of unbranched alkanes of at least 4 members (excludes halogenated alkanes) is 1. The minimum Gasteiger partial charge on any atom is -0.508 e. The molecule has 2 aliphatic carbocycles. The fourth-order valence-electron chi connectivity index (χ4n) is 11.0. The number of aliphatic hydroxyl groups excluding tert-OH is 1. The average molecular weight is 1270 g/mol. The van der Waals surface area contributed by atoms with E-state index in [2.05, 4.69) is 37.2 Å². The highest BCUT2D eigenvalue weighted by Gasteiger charge is 2.38. The fourth-order valence-corrected chi connectivity index (χ4v) is 13.4. The Bertz CT molecular complexity index is 3390. The molecule has 7 amide bonds. The lowest BCUT2D eigenvalue weighted by molar-refractivity contribution is -0.142. The van der Waals surface area contributed by atoms with Crippen LogP contribution in [0.1, 0.15) is 99.1 Å². The van der Waals surface area contributed by atoms with E-state index >= 15 is 14.4 Å². The summed E-state index contributed by atoms with van der Waals surface area (Å²) >= 11 is 0. The molecule has 0 saturated carbocycles. The van der Waals surface area contributed by atoms with Gasteiger partial charge in [-0.1, -0.05) is 143 Å². The maximum atomic E-state index is 15.2. The number of allylic oxidation sites excluding steroid dienone is 1. The molecule has 23 heteroatoms. The number of aliphatic hydroxyl groups is 1. The zero-order valence-electron chi connectivity index (χ0n) is 50.5. The molecule has 1 fully saturated rings. The van der Waals surface area contributed by atoms with Crippen LogP contribution in [0.2, 0.25) is 0 Å². The third-order valence-corrected chi connectivity index (χ3v) is 18.0. The van der Waals surface area contributed by atoms with E-state index in [1.165, 1.54) is 19.1 Å². The number of hydrogen-bond donors (Lipinski definition) is 10. The first kappa shape index (κ1) is 67.3. The third kappa shape index (κ3) is 18.9. The molecule has 0 aromatic heterocycles. The number of Topliss-reactive ketones (excluding diaryl/α,β-unsaturated/α-hetero) is 1. The van der Waals surface area contributed by atoms with E-state index in [0.717, 1.165) is 55.0 Å². The second kappa shape index (κ2) is 31.7. The molecule has 0 spiro atoms. The molecule has 0 radical (unpaired) electrons. The Labute approximate surface area is 530 Å². The molecule has 3 aliphatic rings. The van der Waals surface area contributed by atoms with Gasteiger partial charge in [-0.15, -0.1) is 0 Å². The molecule has 1 saturated heterocycles. The lowest BCUT2D eigenvalue weighted by Crippen LogP contribution is -2.60. The minimum atomic E-state index is -1.74. The summed E-state index contributed by atoms with van der Waals surface area (Å²) < 4.78 is 11.2. The number of aliphatic carboxylic acids is 1. The number of phenols is 1. The summed E-state index contributed by atoms with van der Waals surface area (Å²) in [7, 11) is 1.92. The number of carboxylic acids is 1. The zero-order chi connectivity index (χ0) is 64.5. The maximum absolute atomic E-state index is 15.2. The number of hydrogen-bond acceptors (Lipinski definition) is 15. The number of benzene rings is 5. The molecular weight excluding hydrogens is 1190 g/mol. The Morgan fingerprint density at radius 1 is 0.678 bits per heavy atom. The number of aromatic hydroxyl groups is 1. The summed E-state index contributed by atoms with van der Waals surface area (Å²) in [4.78, 5) is 128. The summed E-state index contributed by atoms with van der Waals surface area (Å²) in [6.45, 7) is 6.41. The number of rotatable bonds is 18. The first-order valence-corrected chi connectivity index (χ1v) is 32.5. The number of ether oxygens (including phenoxy) is 2.